The van der Waals surface area contributed by atoms with Crippen LogP contribution in [0.1, 0.15) is 27.7 Å². The van der Waals surface area contributed by atoms with Gasteiger partial charge in [0.2, 0.25) is 0 Å². The van der Waals surface area contributed by atoms with Crippen LogP contribution in [0.3, 0.4) is 0 Å². The fraction of sp³-hybridized carbons (Fsp3) is 0.600. The van der Waals surface area contributed by atoms with Crippen LogP contribution >= 0.6 is 22.6 Å². The first-order valence-corrected chi connectivity index (χ1v) is 6.00. The average molecular weight is 320 g/mol. The molecule has 1 aliphatic heterocycles. The lowest BCUT2D eigenvalue weighted by Crippen LogP contribution is -2.41. The van der Waals surface area contributed by atoms with E-state index in [9.17, 15) is 0 Å². The third kappa shape index (κ3) is 1.97. The molecule has 3 nitrogen and oxygen atoms in total. The van der Waals surface area contributed by atoms with Crippen LogP contribution in [0.5, 0.6) is 0 Å². The van der Waals surface area contributed by atoms with Gasteiger partial charge in [0.1, 0.15) is 5.66 Å². The first kappa shape index (κ1) is 11.5. The lowest BCUT2D eigenvalue weighted by atomic mass is 9.86. The van der Waals surface area contributed by atoms with Gasteiger partial charge in [-0.05, 0) is 62.4 Å². The fourth-order valence-corrected chi connectivity index (χ4v) is 1.85. The highest BCUT2D eigenvalue weighted by atomic mass is 127. The highest BCUT2D eigenvalue weighted by Gasteiger charge is 2.53. The quantitative estimate of drug-likeness (QED) is 0.587. The van der Waals surface area contributed by atoms with E-state index in [1.165, 1.54) is 0 Å². The number of hydrogen-bond acceptors (Lipinski definition) is 3. The van der Waals surface area contributed by atoms with Crippen molar-refractivity contribution in [1.82, 2.24) is 0 Å². The summed E-state index contributed by atoms with van der Waals surface area (Å²) in [5, 5.41) is 0. The number of rotatable bonds is 1. The van der Waals surface area contributed by atoms with Gasteiger partial charge in [0, 0.05) is 0 Å². The maximum absolute atomic E-state index is 5.84. The molecule has 0 bridgehead atoms. The summed E-state index contributed by atoms with van der Waals surface area (Å²) in [5.41, 5.74) is 0.115. The third-order valence-electron chi connectivity index (χ3n) is 3.08. The summed E-state index contributed by atoms with van der Waals surface area (Å²) >= 11 is 2.13. The summed E-state index contributed by atoms with van der Waals surface area (Å²) in [7, 11) is -0.390. The van der Waals surface area contributed by atoms with E-state index in [1.807, 2.05) is 39.8 Å². The van der Waals surface area contributed by atoms with Gasteiger partial charge in [-0.15, -0.1) is 0 Å². The van der Waals surface area contributed by atoms with Crippen LogP contribution in [-0.4, -0.2) is 18.3 Å². The zero-order valence-corrected chi connectivity index (χ0v) is 11.5. The first-order chi connectivity index (χ1) is 6.82. The Labute approximate surface area is 104 Å². The lowest BCUT2D eigenvalue weighted by Gasteiger charge is -2.32. The van der Waals surface area contributed by atoms with Crippen LogP contribution in [0.25, 0.3) is 0 Å². The molecule has 0 N–H and O–H groups in total. The van der Waals surface area contributed by atoms with Crippen molar-refractivity contribution >= 4 is 35.4 Å². The van der Waals surface area contributed by atoms with Gasteiger partial charge in [-0.1, -0.05) is 0 Å². The molecule has 1 aliphatic rings. The molecule has 0 amide bonds. The Morgan fingerprint density at radius 3 is 2.00 bits per heavy atom. The van der Waals surface area contributed by atoms with Crippen LogP contribution in [0.2, 0.25) is 0 Å². The maximum atomic E-state index is 5.84. The smallest absolute Gasteiger partial charge is 0.459 e. The van der Waals surface area contributed by atoms with Gasteiger partial charge in [-0.25, -0.2) is 0 Å². The minimum atomic E-state index is -0.390. The Hall–Kier alpha value is -0.00506. The Morgan fingerprint density at radius 1 is 1.07 bits per heavy atom. The molecule has 1 aromatic heterocycles. The summed E-state index contributed by atoms with van der Waals surface area (Å²) in [6, 6.07) is 3.80. The molecule has 0 radical (unpaired) electrons. The molecule has 0 atom stereocenters. The Balaban J connectivity index is 2.23. The molecule has 2 heterocycles. The van der Waals surface area contributed by atoms with Crippen molar-refractivity contribution in [3.8, 4) is 0 Å². The van der Waals surface area contributed by atoms with E-state index >= 15 is 0 Å². The Kier molecular flexibility index (Phi) is 2.68. The van der Waals surface area contributed by atoms with Gasteiger partial charge in [-0.2, -0.15) is 0 Å². The first-order valence-electron chi connectivity index (χ1n) is 4.93. The summed E-state index contributed by atoms with van der Waals surface area (Å²) in [4.78, 5) is 0. The minimum absolute atomic E-state index is 0.310. The molecule has 0 aliphatic carbocycles. The van der Waals surface area contributed by atoms with E-state index < -0.39 is 7.12 Å². The van der Waals surface area contributed by atoms with Crippen molar-refractivity contribution in [2.45, 2.75) is 38.9 Å². The predicted molar refractivity (Wildman–Crippen MR) is 67.1 cm³/mol. The molecular weight excluding hydrogens is 306 g/mol. The van der Waals surface area contributed by atoms with Gasteiger partial charge >= 0.3 is 7.12 Å². The maximum Gasteiger partial charge on any atom is 0.532 e. The van der Waals surface area contributed by atoms with E-state index in [0.29, 0.717) is 0 Å². The number of halogens is 1. The molecule has 1 fully saturated rings. The SMILES string of the molecule is CC1(C)OB(c2ccc(I)o2)OC1(C)C. The zero-order valence-electron chi connectivity index (χ0n) is 9.33. The standard InChI is InChI=1S/C10H14BIO3/c1-9(2)10(3,4)15-11(14-9)7-5-6-8(12)13-7/h5-6H,1-4H3. The fourth-order valence-electron chi connectivity index (χ4n) is 1.41. The van der Waals surface area contributed by atoms with Crippen LogP contribution in [0.4, 0.5) is 0 Å². The molecule has 0 aromatic carbocycles. The summed E-state index contributed by atoms with van der Waals surface area (Å²) in [6.45, 7) is 8.11. The van der Waals surface area contributed by atoms with E-state index in [0.717, 1.165) is 9.43 Å². The molecule has 82 valence electrons. The van der Waals surface area contributed by atoms with Crippen molar-refractivity contribution in [1.29, 1.82) is 0 Å². The van der Waals surface area contributed by atoms with E-state index in [-0.39, 0.29) is 11.2 Å². The van der Waals surface area contributed by atoms with Gasteiger partial charge in [0.05, 0.1) is 11.2 Å². The second-order valence-corrected chi connectivity index (χ2v) is 5.79. The van der Waals surface area contributed by atoms with E-state index in [1.54, 1.807) is 0 Å². The summed E-state index contributed by atoms with van der Waals surface area (Å²) < 4.78 is 18.0. The summed E-state index contributed by atoms with van der Waals surface area (Å²) in [5.74, 6) is 0. The number of furan rings is 1. The third-order valence-corrected chi connectivity index (χ3v) is 3.66. The van der Waals surface area contributed by atoms with Gasteiger partial charge in [0.25, 0.3) is 0 Å². The average Bonchev–Trinajstić information content (AvgIpc) is 2.56. The topological polar surface area (TPSA) is 31.6 Å². The highest BCUT2D eigenvalue weighted by molar-refractivity contribution is 14.1. The predicted octanol–water partition coefficient (Wildman–Crippen LogP) is 2.18. The van der Waals surface area contributed by atoms with E-state index in [4.69, 9.17) is 13.7 Å². The van der Waals surface area contributed by atoms with Crippen LogP contribution in [-0.2, 0) is 9.31 Å². The van der Waals surface area contributed by atoms with Crippen molar-refractivity contribution in [3.05, 3.63) is 15.9 Å². The molecule has 0 spiro atoms. The van der Waals surface area contributed by atoms with E-state index in [2.05, 4.69) is 22.6 Å². The second kappa shape index (κ2) is 3.50. The normalized spacial score (nSPS) is 23.4. The number of hydrogen-bond donors (Lipinski definition) is 0. The van der Waals surface area contributed by atoms with Crippen LogP contribution in [0.15, 0.2) is 16.5 Å². The molecule has 2 rings (SSSR count). The highest BCUT2D eigenvalue weighted by Crippen LogP contribution is 2.36. The molecular formula is C10H14BIO3. The molecule has 15 heavy (non-hydrogen) atoms. The van der Waals surface area contributed by atoms with Crippen LogP contribution in [0, 0.1) is 3.77 Å². The monoisotopic (exact) mass is 320 g/mol. The Morgan fingerprint density at radius 2 is 1.60 bits per heavy atom. The molecule has 0 saturated carbocycles. The molecule has 5 heteroatoms. The molecule has 1 saturated heterocycles. The zero-order chi connectivity index (χ0) is 11.3. The van der Waals surface area contributed by atoms with Crippen molar-refractivity contribution in [2.75, 3.05) is 0 Å². The van der Waals surface area contributed by atoms with Gasteiger partial charge < -0.3 is 13.7 Å². The van der Waals surface area contributed by atoms with Crippen molar-refractivity contribution in [2.24, 2.45) is 0 Å². The molecule has 1 aromatic rings. The summed E-state index contributed by atoms with van der Waals surface area (Å²) in [6.07, 6.45) is 0. The van der Waals surface area contributed by atoms with Crippen molar-refractivity contribution < 1.29 is 13.7 Å². The second-order valence-electron chi connectivity index (χ2n) is 4.73. The lowest BCUT2D eigenvalue weighted by molar-refractivity contribution is 0.00578. The van der Waals surface area contributed by atoms with Crippen LogP contribution < -0.4 is 5.66 Å². The van der Waals surface area contributed by atoms with Gasteiger partial charge in [0.15, 0.2) is 3.77 Å². The Bertz CT molecular complexity index is 356. The largest absolute Gasteiger partial charge is 0.532 e. The van der Waals surface area contributed by atoms with Crippen molar-refractivity contribution in [3.63, 3.8) is 0 Å². The minimum Gasteiger partial charge on any atom is -0.459 e. The van der Waals surface area contributed by atoms with Gasteiger partial charge in [-0.3, -0.25) is 0 Å². The molecule has 0 unspecified atom stereocenters.